The van der Waals surface area contributed by atoms with E-state index in [2.05, 4.69) is 10.6 Å². The van der Waals surface area contributed by atoms with E-state index >= 15 is 0 Å². The highest BCUT2D eigenvalue weighted by molar-refractivity contribution is 6.33. The highest BCUT2D eigenvalue weighted by Crippen LogP contribution is 2.21. The fourth-order valence-corrected chi connectivity index (χ4v) is 2.39. The number of hydrogen-bond donors (Lipinski definition) is 2. The van der Waals surface area contributed by atoms with Crippen LogP contribution >= 0.6 is 11.6 Å². The van der Waals surface area contributed by atoms with Gasteiger partial charge in [-0.3, -0.25) is 0 Å². The molecule has 0 aromatic heterocycles. The van der Waals surface area contributed by atoms with E-state index in [0.717, 1.165) is 23.2 Å². The number of nitrogens with one attached hydrogen (secondary N) is 2. The number of hydrogen-bond acceptors (Lipinski definition) is 2. The van der Waals surface area contributed by atoms with E-state index < -0.39 is 0 Å². The summed E-state index contributed by atoms with van der Waals surface area (Å²) in [6, 6.07) is 7.92. The molecule has 2 N–H and O–H groups in total. The van der Waals surface area contributed by atoms with Gasteiger partial charge < -0.3 is 10.6 Å². The van der Waals surface area contributed by atoms with Crippen molar-refractivity contribution in [3.8, 4) is 0 Å². The molecule has 1 fully saturated rings. The molecule has 16 heavy (non-hydrogen) atoms. The van der Waals surface area contributed by atoms with E-state index in [9.17, 15) is 0 Å². The quantitative estimate of drug-likeness (QED) is 0.842. The molecule has 1 aromatic rings. The molecule has 2 nitrogen and oxygen atoms in total. The highest BCUT2D eigenvalue weighted by Gasteiger charge is 2.12. The Morgan fingerprint density at radius 2 is 2.25 bits per heavy atom. The van der Waals surface area contributed by atoms with E-state index in [4.69, 9.17) is 11.6 Å². The number of halogens is 1. The molecule has 88 valence electrons. The second-order valence-electron chi connectivity index (χ2n) is 4.41. The predicted octanol–water partition coefficient (Wildman–Crippen LogP) is 3.14. The van der Waals surface area contributed by atoms with E-state index in [1.54, 1.807) is 0 Å². The summed E-state index contributed by atoms with van der Waals surface area (Å²) < 4.78 is 0. The molecule has 0 aliphatic carbocycles. The number of anilines is 1. The molecule has 1 unspecified atom stereocenters. The third kappa shape index (κ3) is 3.39. The van der Waals surface area contributed by atoms with Crippen molar-refractivity contribution in [3.05, 3.63) is 29.3 Å². The Kier molecular flexibility index (Phi) is 4.49. The van der Waals surface area contributed by atoms with Gasteiger partial charge in [0.15, 0.2) is 0 Å². The highest BCUT2D eigenvalue weighted by atomic mass is 35.5. The van der Waals surface area contributed by atoms with Crippen LogP contribution in [0.25, 0.3) is 0 Å². The maximum atomic E-state index is 6.07. The number of benzene rings is 1. The molecule has 0 spiro atoms. The average molecular weight is 239 g/mol. The van der Waals surface area contributed by atoms with Crippen LogP contribution in [-0.4, -0.2) is 19.6 Å². The van der Waals surface area contributed by atoms with Crippen LogP contribution < -0.4 is 10.6 Å². The molecule has 1 saturated heterocycles. The van der Waals surface area contributed by atoms with Crippen molar-refractivity contribution in [2.24, 2.45) is 5.92 Å². The molecular weight excluding hydrogens is 220 g/mol. The Balaban J connectivity index is 1.73. The lowest BCUT2D eigenvalue weighted by Crippen LogP contribution is -2.30. The lowest BCUT2D eigenvalue weighted by Gasteiger charge is -2.22. The van der Waals surface area contributed by atoms with E-state index in [-0.39, 0.29) is 0 Å². The number of piperidine rings is 1. The zero-order chi connectivity index (χ0) is 11.2. The van der Waals surface area contributed by atoms with Crippen LogP contribution in [0.5, 0.6) is 0 Å². The normalized spacial score (nSPS) is 20.7. The first-order valence-corrected chi connectivity index (χ1v) is 6.43. The van der Waals surface area contributed by atoms with Gasteiger partial charge in [-0.2, -0.15) is 0 Å². The minimum absolute atomic E-state index is 0.810. The second kappa shape index (κ2) is 6.12. The van der Waals surface area contributed by atoms with Gasteiger partial charge in [-0.25, -0.2) is 0 Å². The third-order valence-corrected chi connectivity index (χ3v) is 3.47. The van der Waals surface area contributed by atoms with Gasteiger partial charge in [0.05, 0.1) is 10.7 Å². The van der Waals surface area contributed by atoms with Crippen molar-refractivity contribution < 1.29 is 0 Å². The lowest BCUT2D eigenvalue weighted by molar-refractivity contribution is 0.364. The fraction of sp³-hybridized carbons (Fsp3) is 0.538. The SMILES string of the molecule is Clc1ccccc1NCCC1CCCNC1. The van der Waals surface area contributed by atoms with Crippen LogP contribution in [0.15, 0.2) is 24.3 Å². The van der Waals surface area contributed by atoms with Gasteiger partial charge in [-0.05, 0) is 50.4 Å². The first-order valence-electron chi connectivity index (χ1n) is 6.05. The van der Waals surface area contributed by atoms with Gasteiger partial charge in [0, 0.05) is 6.54 Å². The van der Waals surface area contributed by atoms with Crippen molar-refractivity contribution in [3.63, 3.8) is 0 Å². The van der Waals surface area contributed by atoms with Gasteiger partial charge in [0.2, 0.25) is 0 Å². The van der Waals surface area contributed by atoms with Crippen molar-refractivity contribution in [1.82, 2.24) is 5.32 Å². The molecule has 1 atom stereocenters. The van der Waals surface area contributed by atoms with Gasteiger partial charge in [-0.15, -0.1) is 0 Å². The third-order valence-electron chi connectivity index (χ3n) is 3.14. The molecule has 0 radical (unpaired) electrons. The topological polar surface area (TPSA) is 24.1 Å². The van der Waals surface area contributed by atoms with Crippen molar-refractivity contribution in [1.29, 1.82) is 0 Å². The average Bonchev–Trinajstić information content (AvgIpc) is 2.33. The molecule has 1 aliphatic heterocycles. The van der Waals surface area contributed by atoms with E-state index in [0.29, 0.717) is 0 Å². The molecule has 2 rings (SSSR count). The summed E-state index contributed by atoms with van der Waals surface area (Å²) in [5.74, 6) is 0.823. The van der Waals surface area contributed by atoms with Crippen LogP contribution in [0.4, 0.5) is 5.69 Å². The van der Waals surface area contributed by atoms with Gasteiger partial charge in [0.25, 0.3) is 0 Å². The summed E-state index contributed by atoms with van der Waals surface area (Å²) in [4.78, 5) is 0. The Bertz CT molecular complexity index is 321. The Morgan fingerprint density at radius 3 is 3.00 bits per heavy atom. The Hall–Kier alpha value is -0.730. The van der Waals surface area contributed by atoms with Crippen LogP contribution in [0.1, 0.15) is 19.3 Å². The minimum Gasteiger partial charge on any atom is -0.384 e. The summed E-state index contributed by atoms with van der Waals surface area (Å²) in [5, 5.41) is 7.65. The minimum atomic E-state index is 0.810. The molecule has 0 saturated carbocycles. The van der Waals surface area contributed by atoms with Crippen molar-refractivity contribution in [2.75, 3.05) is 25.0 Å². The Morgan fingerprint density at radius 1 is 1.38 bits per heavy atom. The van der Waals surface area contributed by atoms with Crippen LogP contribution in [-0.2, 0) is 0 Å². The predicted molar refractivity (Wildman–Crippen MR) is 70.2 cm³/mol. The maximum Gasteiger partial charge on any atom is 0.0637 e. The molecule has 1 aromatic carbocycles. The molecule has 0 amide bonds. The fourth-order valence-electron chi connectivity index (χ4n) is 2.19. The lowest BCUT2D eigenvalue weighted by atomic mass is 9.96. The largest absolute Gasteiger partial charge is 0.384 e. The van der Waals surface area contributed by atoms with Gasteiger partial charge in [0.1, 0.15) is 0 Å². The first kappa shape index (κ1) is 11.7. The molecular formula is C13H19ClN2. The number of para-hydroxylation sites is 1. The Labute approximate surface area is 102 Å². The first-order chi connectivity index (χ1) is 7.86. The van der Waals surface area contributed by atoms with Crippen molar-refractivity contribution >= 4 is 17.3 Å². The summed E-state index contributed by atoms with van der Waals surface area (Å²) >= 11 is 6.07. The summed E-state index contributed by atoms with van der Waals surface area (Å²) in [5.41, 5.74) is 1.05. The van der Waals surface area contributed by atoms with Gasteiger partial charge in [-0.1, -0.05) is 23.7 Å². The van der Waals surface area contributed by atoms with Gasteiger partial charge >= 0.3 is 0 Å². The van der Waals surface area contributed by atoms with E-state index in [1.807, 2.05) is 24.3 Å². The second-order valence-corrected chi connectivity index (χ2v) is 4.81. The van der Waals surface area contributed by atoms with E-state index in [1.165, 1.54) is 32.4 Å². The van der Waals surface area contributed by atoms with Crippen molar-refractivity contribution in [2.45, 2.75) is 19.3 Å². The molecule has 3 heteroatoms. The molecule has 1 heterocycles. The zero-order valence-corrected chi connectivity index (χ0v) is 10.3. The van der Waals surface area contributed by atoms with Crippen LogP contribution in [0, 0.1) is 5.92 Å². The summed E-state index contributed by atoms with van der Waals surface area (Å²) in [6.07, 6.45) is 3.90. The van der Waals surface area contributed by atoms with Crippen LogP contribution in [0.2, 0.25) is 5.02 Å². The number of rotatable bonds is 4. The monoisotopic (exact) mass is 238 g/mol. The summed E-state index contributed by atoms with van der Waals surface area (Å²) in [6.45, 7) is 3.37. The molecule has 1 aliphatic rings. The standard InChI is InChI=1S/C13H19ClN2/c14-12-5-1-2-6-13(12)16-9-7-11-4-3-8-15-10-11/h1-2,5-6,11,15-16H,3-4,7-10H2. The summed E-state index contributed by atoms with van der Waals surface area (Å²) in [7, 11) is 0. The smallest absolute Gasteiger partial charge is 0.0637 e. The maximum absolute atomic E-state index is 6.07. The zero-order valence-electron chi connectivity index (χ0n) is 9.51. The van der Waals surface area contributed by atoms with Crippen LogP contribution in [0.3, 0.4) is 0 Å². The molecule has 0 bridgehead atoms.